The van der Waals surface area contributed by atoms with Gasteiger partial charge in [-0.2, -0.15) is 0 Å². The summed E-state index contributed by atoms with van der Waals surface area (Å²) in [6, 6.07) is 2.11. The van der Waals surface area contributed by atoms with Crippen molar-refractivity contribution in [3.05, 3.63) is 56.8 Å². The lowest BCUT2D eigenvalue weighted by Crippen LogP contribution is -2.18. The molecule has 1 aliphatic rings. The molecule has 0 atom stereocenters. The van der Waals surface area contributed by atoms with Gasteiger partial charge >= 0.3 is 5.97 Å². The van der Waals surface area contributed by atoms with Crippen molar-refractivity contribution in [1.82, 2.24) is 0 Å². The second-order valence-electron chi connectivity index (χ2n) is 7.06. The maximum absolute atomic E-state index is 10.7. The summed E-state index contributed by atoms with van der Waals surface area (Å²) in [6.45, 7) is 8.69. The van der Waals surface area contributed by atoms with Gasteiger partial charge in [0.25, 0.3) is 0 Å². The van der Waals surface area contributed by atoms with Gasteiger partial charge in [0.2, 0.25) is 0 Å². The number of hydrogen-bond donors (Lipinski definition) is 1. The molecule has 0 spiro atoms. The summed E-state index contributed by atoms with van der Waals surface area (Å²) in [6.07, 6.45) is 13.2. The van der Waals surface area contributed by atoms with E-state index in [1.165, 1.54) is 42.0 Å². The smallest absolute Gasteiger partial charge is 0.328 e. The molecule has 1 aromatic heterocycles. The van der Waals surface area contributed by atoms with E-state index in [1.807, 2.05) is 12.2 Å². The van der Waals surface area contributed by atoms with Crippen LogP contribution in [0.1, 0.15) is 57.4 Å². The van der Waals surface area contributed by atoms with E-state index in [0.717, 1.165) is 10.5 Å². The van der Waals surface area contributed by atoms with E-state index >= 15 is 0 Å². The summed E-state index contributed by atoms with van der Waals surface area (Å²) in [7, 11) is 0. The van der Waals surface area contributed by atoms with Crippen LogP contribution in [-0.4, -0.2) is 11.1 Å². The normalized spacial score (nSPS) is 18.8. The number of thiophene rings is 1. The van der Waals surface area contributed by atoms with Crippen LogP contribution in [0.2, 0.25) is 0 Å². The molecule has 1 heterocycles. The zero-order chi connectivity index (χ0) is 17.7. The molecule has 2 rings (SSSR count). The van der Waals surface area contributed by atoms with Crippen molar-refractivity contribution in [3.63, 3.8) is 0 Å². The lowest BCUT2D eigenvalue weighted by atomic mass is 9.72. The molecule has 1 aromatic rings. The Morgan fingerprint density at radius 2 is 2.04 bits per heavy atom. The van der Waals surface area contributed by atoms with Crippen LogP contribution in [0.5, 0.6) is 0 Å². The number of allylic oxidation sites excluding steroid dienone is 5. The summed E-state index contributed by atoms with van der Waals surface area (Å²) in [4.78, 5) is 11.8. The molecule has 0 aromatic carbocycles. The van der Waals surface area contributed by atoms with Gasteiger partial charge in [-0.15, -0.1) is 11.3 Å². The Bertz CT molecular complexity index is 727. The van der Waals surface area contributed by atoms with Gasteiger partial charge in [0, 0.05) is 11.0 Å². The molecule has 1 aliphatic carbocycles. The van der Waals surface area contributed by atoms with Crippen LogP contribution < -0.4 is 0 Å². The first-order chi connectivity index (χ1) is 11.3. The minimum Gasteiger partial charge on any atom is -0.478 e. The Morgan fingerprint density at radius 3 is 2.71 bits per heavy atom. The fraction of sp³-hybridized carbons (Fsp3) is 0.381. The highest BCUT2D eigenvalue weighted by Gasteiger charge is 2.26. The molecule has 0 aliphatic heterocycles. The van der Waals surface area contributed by atoms with Gasteiger partial charge in [0.15, 0.2) is 0 Å². The average Bonchev–Trinajstić information content (AvgIpc) is 2.90. The quantitative estimate of drug-likeness (QED) is 0.501. The third kappa shape index (κ3) is 4.81. The molecule has 3 heteroatoms. The van der Waals surface area contributed by atoms with Gasteiger partial charge in [0.1, 0.15) is 0 Å². The van der Waals surface area contributed by atoms with Crippen molar-refractivity contribution in [2.75, 3.05) is 0 Å². The Hall–Kier alpha value is -1.87. The summed E-state index contributed by atoms with van der Waals surface area (Å²) in [5.41, 5.74) is 5.11. The molecule has 0 saturated carbocycles. The minimum absolute atomic E-state index is 0.242. The Kier molecular flexibility index (Phi) is 6.00. The van der Waals surface area contributed by atoms with Crippen molar-refractivity contribution in [2.45, 2.75) is 47.0 Å². The molecule has 0 amide bonds. The van der Waals surface area contributed by atoms with E-state index in [1.54, 1.807) is 18.3 Å². The van der Waals surface area contributed by atoms with Crippen LogP contribution in [0.15, 0.2) is 46.4 Å². The first-order valence-electron chi connectivity index (χ1n) is 8.35. The predicted octanol–water partition coefficient (Wildman–Crippen LogP) is 6.33. The second-order valence-corrected chi connectivity index (χ2v) is 8.01. The zero-order valence-electron chi connectivity index (χ0n) is 14.9. The van der Waals surface area contributed by atoms with Crippen molar-refractivity contribution in [3.8, 4) is 0 Å². The van der Waals surface area contributed by atoms with E-state index in [4.69, 9.17) is 5.11 Å². The maximum atomic E-state index is 10.7. The van der Waals surface area contributed by atoms with Gasteiger partial charge in [-0.3, -0.25) is 0 Å². The topological polar surface area (TPSA) is 37.3 Å². The minimum atomic E-state index is -0.912. The first-order valence-corrected chi connectivity index (χ1v) is 9.23. The van der Waals surface area contributed by atoms with Crippen LogP contribution in [0.4, 0.5) is 0 Å². The fourth-order valence-corrected chi connectivity index (χ4v) is 4.02. The van der Waals surface area contributed by atoms with E-state index in [2.05, 4.69) is 44.4 Å². The van der Waals surface area contributed by atoms with Gasteiger partial charge in [-0.05, 0) is 72.8 Å². The summed E-state index contributed by atoms with van der Waals surface area (Å²) in [5, 5.41) is 10.8. The van der Waals surface area contributed by atoms with Crippen molar-refractivity contribution >= 4 is 29.5 Å². The third-order valence-electron chi connectivity index (χ3n) is 4.55. The van der Waals surface area contributed by atoms with Gasteiger partial charge < -0.3 is 5.11 Å². The molecular weight excluding hydrogens is 316 g/mol. The highest BCUT2D eigenvalue weighted by atomic mass is 32.1. The van der Waals surface area contributed by atoms with Crippen LogP contribution >= 0.6 is 11.3 Å². The highest BCUT2D eigenvalue weighted by Crippen LogP contribution is 2.41. The number of carboxylic acid groups (broad SMARTS) is 1. The molecule has 0 radical (unpaired) electrons. The number of rotatable bonds is 5. The van der Waals surface area contributed by atoms with Crippen molar-refractivity contribution in [2.24, 2.45) is 5.41 Å². The average molecular weight is 343 g/mol. The van der Waals surface area contributed by atoms with Crippen LogP contribution in [0.25, 0.3) is 12.2 Å². The van der Waals surface area contributed by atoms with Crippen LogP contribution in [0.3, 0.4) is 0 Å². The summed E-state index contributed by atoms with van der Waals surface area (Å²) in [5.74, 6) is -0.912. The largest absolute Gasteiger partial charge is 0.478 e. The van der Waals surface area contributed by atoms with Gasteiger partial charge in [0.05, 0.1) is 0 Å². The van der Waals surface area contributed by atoms with Crippen LogP contribution in [-0.2, 0) is 4.79 Å². The van der Waals surface area contributed by atoms with E-state index < -0.39 is 5.97 Å². The third-order valence-corrected chi connectivity index (χ3v) is 5.45. The number of carboxylic acids is 1. The number of aliphatic carboxylic acids is 1. The molecule has 1 N–H and O–H groups in total. The summed E-state index contributed by atoms with van der Waals surface area (Å²) >= 11 is 1.67. The van der Waals surface area contributed by atoms with E-state index in [9.17, 15) is 4.79 Å². The Morgan fingerprint density at radius 1 is 1.29 bits per heavy atom. The number of hydrogen-bond acceptors (Lipinski definition) is 2. The van der Waals surface area contributed by atoms with E-state index in [-0.39, 0.29) is 5.41 Å². The Labute approximate surface area is 148 Å². The van der Waals surface area contributed by atoms with Gasteiger partial charge in [-0.1, -0.05) is 37.6 Å². The van der Waals surface area contributed by atoms with Crippen molar-refractivity contribution in [1.29, 1.82) is 0 Å². The summed E-state index contributed by atoms with van der Waals surface area (Å²) < 4.78 is 0. The molecule has 0 fully saturated rings. The molecule has 2 nitrogen and oxygen atoms in total. The first kappa shape index (κ1) is 18.5. The fourth-order valence-electron chi connectivity index (χ4n) is 3.24. The monoisotopic (exact) mass is 342 g/mol. The van der Waals surface area contributed by atoms with Crippen LogP contribution in [0, 0.1) is 5.41 Å². The molecule has 128 valence electrons. The van der Waals surface area contributed by atoms with Crippen molar-refractivity contribution < 1.29 is 9.90 Å². The molecule has 24 heavy (non-hydrogen) atoms. The van der Waals surface area contributed by atoms with Gasteiger partial charge in [-0.25, -0.2) is 4.79 Å². The van der Waals surface area contributed by atoms with E-state index in [0.29, 0.717) is 0 Å². The number of carbonyl (C=O) groups is 1. The molecule has 0 bridgehead atoms. The lowest BCUT2D eigenvalue weighted by Gasteiger charge is -2.32. The zero-order valence-corrected chi connectivity index (χ0v) is 15.7. The molecule has 0 saturated heterocycles. The molecule has 0 unspecified atom stereocenters. The SMILES string of the molecule is CC1=C(C=Cc2ccsc2/C=C/C(C)=C/C(=O)O)C(C)(C)CCC1. The second kappa shape index (κ2) is 7.80. The highest BCUT2D eigenvalue weighted by molar-refractivity contribution is 7.11. The standard InChI is InChI=1S/C21H26O2S/c1-15(14-20(22)23)7-10-19-17(11-13-24-19)8-9-18-16(2)6-5-12-21(18,3)4/h7-11,13-14H,5-6,12H2,1-4H3,(H,22,23)/b9-8?,10-7+,15-14+. The predicted molar refractivity (Wildman–Crippen MR) is 104 cm³/mol. The molecular formula is C21H26O2S. The maximum Gasteiger partial charge on any atom is 0.328 e. The Balaban J connectivity index is 2.22. The lowest BCUT2D eigenvalue weighted by molar-refractivity contribution is -0.131.